The van der Waals surface area contributed by atoms with Crippen molar-refractivity contribution in [3.8, 4) is 0 Å². The van der Waals surface area contributed by atoms with E-state index in [2.05, 4.69) is 86.5 Å². The summed E-state index contributed by atoms with van der Waals surface area (Å²) >= 11 is 0. The van der Waals surface area contributed by atoms with Crippen molar-refractivity contribution in [1.82, 2.24) is 34.9 Å². The maximum absolute atomic E-state index is 13.0. The molecule has 0 aliphatic rings. The Morgan fingerprint density at radius 2 is 0.917 bits per heavy atom. The third-order valence-corrected chi connectivity index (χ3v) is 10.6. The Hall–Kier alpha value is -6.67. The molecule has 7 rings (SSSR count). The van der Waals surface area contributed by atoms with Gasteiger partial charge in [0.1, 0.15) is 11.6 Å². The number of hydrogen-bond acceptors (Lipinski definition) is 7. The molecule has 7 heterocycles. The van der Waals surface area contributed by atoms with Crippen LogP contribution in [0.1, 0.15) is 204 Å². The molecule has 0 aliphatic carbocycles. The summed E-state index contributed by atoms with van der Waals surface area (Å²) in [6.45, 7) is 39.2. The molecule has 0 saturated carbocycles. The van der Waals surface area contributed by atoms with E-state index < -0.39 is 6.85 Å². The zero-order chi connectivity index (χ0) is 57.0. The van der Waals surface area contributed by atoms with Crippen molar-refractivity contribution in [2.45, 2.75) is 166 Å². The van der Waals surface area contributed by atoms with Crippen LogP contribution in [0.5, 0.6) is 0 Å². The third-order valence-electron chi connectivity index (χ3n) is 10.6. The van der Waals surface area contributed by atoms with Crippen LogP contribution in [0.4, 0.5) is 18.9 Å². The molecule has 8 nitrogen and oxygen atoms in total. The minimum atomic E-state index is -2.03. The van der Waals surface area contributed by atoms with Crippen LogP contribution in [0.3, 0.4) is 0 Å². The summed E-state index contributed by atoms with van der Waals surface area (Å²) in [7, 11) is 0. The van der Waals surface area contributed by atoms with Crippen molar-refractivity contribution in [2.24, 2.45) is 0 Å². The van der Waals surface area contributed by atoms with E-state index in [4.69, 9.17) is 10.7 Å². The lowest BCUT2D eigenvalue weighted by molar-refractivity contribution is 0.557. The molecule has 0 saturated heterocycles. The molecule has 0 radical (unpaired) electrons. The summed E-state index contributed by atoms with van der Waals surface area (Å²) in [6.07, 6.45) is 18.6. The van der Waals surface area contributed by atoms with Crippen molar-refractivity contribution in [2.75, 3.05) is 0 Å². The molecule has 0 bridgehead atoms. The Morgan fingerprint density at radius 3 is 1.29 bits per heavy atom. The van der Waals surface area contributed by atoms with Gasteiger partial charge in [-0.2, -0.15) is 4.39 Å². The predicted octanol–water partition coefficient (Wildman–Crippen LogP) is 17.6. The first-order valence-electron chi connectivity index (χ1n) is 26.0. The summed E-state index contributed by atoms with van der Waals surface area (Å²) in [5, 5.41) is 0. The molecule has 0 atom stereocenters. The van der Waals surface area contributed by atoms with Gasteiger partial charge < -0.3 is 0 Å². The Balaban J connectivity index is 0.000000439. The van der Waals surface area contributed by atoms with Crippen LogP contribution in [0.15, 0.2) is 123 Å². The molecule has 7 aromatic rings. The van der Waals surface area contributed by atoms with E-state index in [1.807, 2.05) is 120 Å². The first-order valence-corrected chi connectivity index (χ1v) is 24.5. The van der Waals surface area contributed by atoms with Crippen LogP contribution in [-0.4, -0.2) is 34.9 Å². The molecular weight excluding hydrogens is 902 g/mol. The number of aromatic nitrogens is 7. The summed E-state index contributed by atoms with van der Waals surface area (Å²) in [5.74, 6) is 1.60. The molecule has 7 aromatic heterocycles. The van der Waals surface area contributed by atoms with Gasteiger partial charge in [-0.3, -0.25) is 29.9 Å². The van der Waals surface area contributed by atoms with E-state index in [0.29, 0.717) is 45.8 Å². The smallest absolute Gasteiger partial charge is 0.216 e. The van der Waals surface area contributed by atoms with Crippen LogP contribution in [-0.2, 0) is 0 Å². The SMILES string of the molecule is CC(C)c1cccnc1.CC(C)c1cccnc1F.CC(C)c1cnccc1F.Cc1ccncc1C(C)C.Cc1cnc(C(C)C)c(F)c1.[2H]C([2H])([2H])c1ccncc1C(C)C.[C-]#[N+]c1cc(C)cnc1C(C)C. The molecule has 0 spiro atoms. The highest BCUT2D eigenvalue weighted by atomic mass is 19.1. The quantitative estimate of drug-likeness (QED) is 0.116. The topological polar surface area (TPSA) is 94.6 Å². The van der Waals surface area contributed by atoms with Gasteiger partial charge in [0.25, 0.3) is 0 Å². The van der Waals surface area contributed by atoms with Gasteiger partial charge >= 0.3 is 0 Å². The lowest BCUT2D eigenvalue weighted by Crippen LogP contribution is -1.97. The minimum Gasteiger partial charge on any atom is -0.272 e. The van der Waals surface area contributed by atoms with Crippen LogP contribution < -0.4 is 0 Å². The van der Waals surface area contributed by atoms with Crippen LogP contribution >= 0.6 is 0 Å². The van der Waals surface area contributed by atoms with Gasteiger partial charge in [0, 0.05) is 89.1 Å². The average molecular weight is 986 g/mol. The summed E-state index contributed by atoms with van der Waals surface area (Å²) in [4.78, 5) is 31.0. The van der Waals surface area contributed by atoms with Crippen molar-refractivity contribution in [3.05, 3.63) is 213 Å². The second kappa shape index (κ2) is 33.8. The standard InChI is InChI=1S/C10H12N2.C9H12FN.2C9H13N.2C8H10FN.C8H11N/c1-7(2)10-9(11-4)5-8(3)6-12-10;1-6(2)9-8(10)4-7(3)5-11-9;2*1-7(2)9-6-10-5-4-8(9)3;1-6(2)7-5-10-4-3-8(7)9;1-6(2)7-4-3-5-10-8(7)9;1-7(2)8-4-3-5-9-6-8/h5-7H,1-3H3;4-6H,1-3H3;2*4-7H,1-3H3;2*3-6H,1-2H3;3-7H,1-2H3/i;;3D3;;;;. The number of pyridine rings is 7. The van der Waals surface area contributed by atoms with E-state index in [9.17, 15) is 13.2 Å². The second-order valence-electron chi connectivity index (χ2n) is 19.3. The van der Waals surface area contributed by atoms with Crippen molar-refractivity contribution in [1.29, 1.82) is 0 Å². The monoisotopic (exact) mass is 986 g/mol. The average Bonchev–Trinajstić information content (AvgIpc) is 3.35. The lowest BCUT2D eigenvalue weighted by Gasteiger charge is -2.06. The number of nitrogens with zero attached hydrogens (tertiary/aromatic N) is 8. The third kappa shape index (κ3) is 24.0. The molecule has 0 N–H and O–H groups in total. The molecule has 11 heteroatoms. The second-order valence-corrected chi connectivity index (χ2v) is 19.3. The number of halogens is 3. The van der Waals surface area contributed by atoms with Crippen LogP contribution in [0.2, 0.25) is 0 Å². The van der Waals surface area contributed by atoms with E-state index in [0.717, 1.165) is 22.4 Å². The van der Waals surface area contributed by atoms with Gasteiger partial charge in [0.15, 0.2) is 0 Å². The van der Waals surface area contributed by atoms with Crippen molar-refractivity contribution >= 4 is 5.69 Å². The predicted molar refractivity (Wildman–Crippen MR) is 293 cm³/mol. The van der Waals surface area contributed by atoms with Gasteiger partial charge in [0.05, 0.1) is 12.3 Å². The van der Waals surface area contributed by atoms with Crippen LogP contribution in [0, 0.1) is 51.8 Å². The molecule has 0 amide bonds. The Bertz CT molecular complexity index is 2640. The van der Waals surface area contributed by atoms with E-state index in [-0.39, 0.29) is 41.3 Å². The fourth-order valence-corrected chi connectivity index (χ4v) is 6.38. The summed E-state index contributed by atoms with van der Waals surface area (Å²) < 4.78 is 60.5. The molecule has 72 heavy (non-hydrogen) atoms. The van der Waals surface area contributed by atoms with Gasteiger partial charge in [-0.1, -0.05) is 115 Å². The van der Waals surface area contributed by atoms with Crippen molar-refractivity contribution < 1.29 is 17.3 Å². The zero-order valence-electron chi connectivity index (χ0n) is 48.8. The zero-order valence-corrected chi connectivity index (χ0v) is 45.8. The minimum absolute atomic E-state index is 0.162. The van der Waals surface area contributed by atoms with Gasteiger partial charge in [-0.15, -0.1) is 0 Å². The Morgan fingerprint density at radius 1 is 0.444 bits per heavy atom. The first-order chi connectivity index (χ1) is 35.1. The van der Waals surface area contributed by atoms with Gasteiger partial charge in [0.2, 0.25) is 11.6 Å². The van der Waals surface area contributed by atoms with E-state index in [1.165, 1.54) is 47.4 Å². The number of aryl methyl sites for hydroxylation is 4. The van der Waals surface area contributed by atoms with E-state index >= 15 is 0 Å². The Kier molecular flexibility index (Phi) is 27.2. The van der Waals surface area contributed by atoms with Gasteiger partial charge in [-0.05, 0) is 144 Å². The fraction of sp³-hybridized carbons (Fsp3) is 0.410. The molecule has 0 unspecified atom stereocenters. The molecular formula is C61H81F3N8. The normalized spacial score (nSPS) is 11.1. The molecule has 386 valence electrons. The first kappa shape index (κ1) is 57.9. The summed E-state index contributed by atoms with van der Waals surface area (Å²) in [6, 6.07) is 16.0. The summed E-state index contributed by atoms with van der Waals surface area (Å²) in [5.41, 5.74) is 10.6. The number of hydrogen-bond donors (Lipinski definition) is 0. The highest BCUT2D eigenvalue weighted by Crippen LogP contribution is 2.25. The highest BCUT2D eigenvalue weighted by Gasteiger charge is 2.09. The molecule has 0 fully saturated rings. The molecule has 0 aliphatic heterocycles. The lowest BCUT2D eigenvalue weighted by atomic mass is 10.0. The maximum atomic E-state index is 13.0. The highest BCUT2D eigenvalue weighted by molar-refractivity contribution is 5.51. The maximum Gasteiger partial charge on any atom is 0.216 e. The molecule has 0 aromatic carbocycles. The van der Waals surface area contributed by atoms with Crippen LogP contribution in [0.25, 0.3) is 4.85 Å². The Labute approximate surface area is 435 Å². The number of rotatable bonds is 7. The van der Waals surface area contributed by atoms with Crippen molar-refractivity contribution in [3.63, 3.8) is 0 Å². The van der Waals surface area contributed by atoms with Gasteiger partial charge in [-0.25, -0.2) is 18.6 Å². The fourth-order valence-electron chi connectivity index (χ4n) is 6.38. The van der Waals surface area contributed by atoms with E-state index in [1.54, 1.807) is 43.0 Å². The largest absolute Gasteiger partial charge is 0.272 e.